The average Bonchev–Trinajstić information content (AvgIpc) is 3.83. The van der Waals surface area contributed by atoms with Crippen LogP contribution in [-0.4, -0.2) is 100 Å². The van der Waals surface area contributed by atoms with E-state index in [2.05, 4.69) is 30.2 Å². The zero-order chi connectivity index (χ0) is 33.7. The number of nitrogen functional groups attached to an aromatic ring is 1. The number of carbonyl (C=O) groups is 3. The summed E-state index contributed by atoms with van der Waals surface area (Å²) in [5, 5.41) is 22.0. The Hall–Kier alpha value is -3.77. The van der Waals surface area contributed by atoms with Crippen molar-refractivity contribution in [1.82, 2.24) is 25.4 Å². The van der Waals surface area contributed by atoms with Crippen LogP contribution in [0.2, 0.25) is 0 Å². The van der Waals surface area contributed by atoms with Gasteiger partial charge in [0.15, 0.2) is 23.1 Å². The first-order chi connectivity index (χ1) is 23.2. The number of nitrogens with zero attached hydrogens (tertiary/aromatic N) is 5. The molecule has 13 nitrogen and oxygen atoms in total. The van der Waals surface area contributed by atoms with Crippen molar-refractivity contribution in [3.8, 4) is 0 Å². The molecule has 7 rings (SSSR count). The highest BCUT2D eigenvalue weighted by Crippen LogP contribution is 2.43. The lowest BCUT2D eigenvalue weighted by Crippen LogP contribution is -2.71. The molecule has 3 aliphatic heterocycles. The Bertz CT molecular complexity index is 1880. The minimum atomic E-state index is -1.22. The molecule has 2 aromatic heterocycles. The number of fused-ring (bicyclic) bond motifs is 2. The molecule has 2 unspecified atom stereocenters. The van der Waals surface area contributed by atoms with Crippen LogP contribution in [0.15, 0.2) is 51.1 Å². The lowest BCUT2D eigenvalue weighted by Gasteiger charge is -2.49. The number of carboxylic acids is 1. The molecule has 1 saturated carbocycles. The molecule has 4 aliphatic rings. The van der Waals surface area contributed by atoms with E-state index in [4.69, 9.17) is 10.6 Å². The lowest BCUT2D eigenvalue weighted by molar-refractivity contribution is -0.675. The fourth-order valence-corrected chi connectivity index (χ4v) is 9.44. The maximum atomic E-state index is 15.8. The first kappa shape index (κ1) is 32.8. The van der Waals surface area contributed by atoms with Gasteiger partial charge in [-0.1, -0.05) is 5.16 Å². The Morgan fingerprint density at radius 2 is 2.17 bits per heavy atom. The van der Waals surface area contributed by atoms with Crippen molar-refractivity contribution in [3.05, 3.63) is 58.1 Å². The molecule has 3 fully saturated rings. The maximum Gasteiger partial charge on any atom is 0.352 e. The van der Waals surface area contributed by atoms with Gasteiger partial charge in [-0.2, -0.15) is 4.57 Å². The largest absolute Gasteiger partial charge is 0.477 e. The van der Waals surface area contributed by atoms with Gasteiger partial charge in [0.1, 0.15) is 35.7 Å². The summed E-state index contributed by atoms with van der Waals surface area (Å²) in [6.07, 6.45) is 4.18. The summed E-state index contributed by atoms with van der Waals surface area (Å²) in [6, 6.07) is 4.89. The quantitative estimate of drug-likeness (QED) is 0.0800. The van der Waals surface area contributed by atoms with Crippen LogP contribution < -0.4 is 20.9 Å². The topological polar surface area (TPSA) is 166 Å². The Morgan fingerprint density at radius 1 is 1.35 bits per heavy atom. The van der Waals surface area contributed by atoms with Crippen LogP contribution in [0.5, 0.6) is 0 Å². The van der Waals surface area contributed by atoms with Crippen molar-refractivity contribution in [1.29, 1.82) is 0 Å². The second kappa shape index (κ2) is 13.3. The molecule has 0 radical (unpaired) electrons. The summed E-state index contributed by atoms with van der Waals surface area (Å²) >= 11 is 3.92. The van der Waals surface area contributed by atoms with Gasteiger partial charge in [-0.15, -0.1) is 34.9 Å². The van der Waals surface area contributed by atoms with Crippen molar-refractivity contribution in [2.75, 3.05) is 51.0 Å². The fourth-order valence-electron chi connectivity index (χ4n) is 6.37. The fraction of sp³-hybridized carbons (Fsp3) is 0.419. The van der Waals surface area contributed by atoms with E-state index in [9.17, 15) is 19.5 Å². The number of halogens is 1. The van der Waals surface area contributed by atoms with Crippen LogP contribution in [0, 0.1) is 5.82 Å². The number of oxime groups is 1. The number of hydrogen-bond donors (Lipinski definition) is 4. The number of pyridine rings is 1. The van der Waals surface area contributed by atoms with Gasteiger partial charge in [0, 0.05) is 72.0 Å². The number of thiazole rings is 1. The molecule has 17 heteroatoms. The average molecular weight is 714 g/mol. The summed E-state index contributed by atoms with van der Waals surface area (Å²) in [7, 11) is 3.30. The van der Waals surface area contributed by atoms with Crippen molar-refractivity contribution in [3.63, 3.8) is 0 Å². The number of nitrogens with two attached hydrogens (primary N) is 1. The van der Waals surface area contributed by atoms with E-state index >= 15 is 4.39 Å². The number of anilines is 1. The zero-order valence-electron chi connectivity index (χ0n) is 26.1. The minimum absolute atomic E-state index is 0.0739. The molecule has 3 aromatic rings. The molecule has 0 spiro atoms. The molecule has 252 valence electrons. The van der Waals surface area contributed by atoms with Crippen LogP contribution in [0.3, 0.4) is 0 Å². The third-order valence-electron chi connectivity index (χ3n) is 8.96. The van der Waals surface area contributed by atoms with Crippen molar-refractivity contribution < 1.29 is 33.3 Å². The number of carbonyl (C=O) groups excluding carboxylic acids is 2. The Labute approximate surface area is 287 Å². The first-order valence-electron chi connectivity index (χ1n) is 15.4. The normalized spacial score (nSPS) is 23.2. The number of benzene rings is 1. The Morgan fingerprint density at radius 3 is 2.85 bits per heavy atom. The summed E-state index contributed by atoms with van der Waals surface area (Å²) in [4.78, 5) is 52.1. The highest BCUT2D eigenvalue weighted by molar-refractivity contribution is 8.01. The predicted molar refractivity (Wildman–Crippen MR) is 181 cm³/mol. The Kier molecular flexibility index (Phi) is 9.06. The molecule has 1 aliphatic carbocycles. The summed E-state index contributed by atoms with van der Waals surface area (Å²) < 4.78 is 18.0. The van der Waals surface area contributed by atoms with Crippen LogP contribution in [-0.2, 0) is 19.2 Å². The molecular formula is C31H34FN8O5S3+. The SMILES string of the molecule is CON=C(C(=O)NC1C(=O)N2C(C(=O)O)=C(CSc3cc[n+](C4CC4)c4cc(C5CNCCN5C)c(F)cc34)CS[C@@H]12)c1csc(N)n1. The number of piperazine rings is 1. The van der Waals surface area contributed by atoms with Gasteiger partial charge in [-0.05, 0) is 18.7 Å². The number of β-lactam (4-membered cyclic amide) rings is 1. The van der Waals surface area contributed by atoms with Crippen molar-refractivity contribution in [2.24, 2.45) is 5.16 Å². The molecule has 1 aromatic carbocycles. The molecular weight excluding hydrogens is 680 g/mol. The maximum absolute atomic E-state index is 15.8. The van der Waals surface area contributed by atoms with Crippen molar-refractivity contribution >= 4 is 74.4 Å². The van der Waals surface area contributed by atoms with E-state index in [0.29, 0.717) is 35.2 Å². The first-order valence-corrected chi connectivity index (χ1v) is 18.3. The van der Waals surface area contributed by atoms with Gasteiger partial charge < -0.3 is 26.3 Å². The van der Waals surface area contributed by atoms with Gasteiger partial charge in [0.25, 0.3) is 11.8 Å². The number of rotatable bonds is 10. The second-order valence-electron chi connectivity index (χ2n) is 12.0. The van der Waals surface area contributed by atoms with Gasteiger partial charge in [-0.3, -0.25) is 19.4 Å². The molecule has 5 N–H and O–H groups in total. The van der Waals surface area contributed by atoms with Gasteiger partial charge in [-0.25, -0.2) is 14.2 Å². The van der Waals surface area contributed by atoms with Crippen LogP contribution in [0.4, 0.5) is 9.52 Å². The number of amides is 2. The molecule has 0 bridgehead atoms. The summed E-state index contributed by atoms with van der Waals surface area (Å²) in [5.74, 6) is -2.09. The summed E-state index contributed by atoms with van der Waals surface area (Å²) in [6.45, 7) is 2.37. The van der Waals surface area contributed by atoms with Crippen LogP contribution in [0.1, 0.15) is 36.2 Å². The number of aliphatic carboxylic acids is 1. The molecule has 48 heavy (non-hydrogen) atoms. The number of hydrogen-bond acceptors (Lipinski definition) is 12. The number of nitrogens with one attached hydrogen (secondary N) is 2. The molecule has 3 atom stereocenters. The van der Waals surface area contributed by atoms with E-state index < -0.39 is 29.2 Å². The van der Waals surface area contributed by atoms with Gasteiger partial charge in [0.05, 0.1) is 11.4 Å². The number of aromatic nitrogens is 2. The van der Waals surface area contributed by atoms with E-state index in [1.807, 2.05) is 25.4 Å². The number of thioether (sulfide) groups is 2. The van der Waals surface area contributed by atoms with E-state index in [1.54, 1.807) is 11.4 Å². The van der Waals surface area contributed by atoms with Gasteiger partial charge in [0.2, 0.25) is 5.52 Å². The van der Waals surface area contributed by atoms with Crippen molar-refractivity contribution in [2.45, 2.75) is 41.2 Å². The van der Waals surface area contributed by atoms with E-state index in [-0.39, 0.29) is 34.1 Å². The van der Waals surface area contributed by atoms with E-state index in [0.717, 1.165) is 53.1 Å². The highest BCUT2D eigenvalue weighted by Gasteiger charge is 2.54. The molecule has 5 heterocycles. The monoisotopic (exact) mass is 713 g/mol. The smallest absolute Gasteiger partial charge is 0.352 e. The third-order valence-corrected chi connectivity index (χ3v) is 12.1. The Balaban J connectivity index is 1.12. The number of carboxylic acid groups (broad SMARTS) is 1. The molecule has 2 amide bonds. The third kappa shape index (κ3) is 6.02. The zero-order valence-corrected chi connectivity index (χ0v) is 28.6. The summed E-state index contributed by atoms with van der Waals surface area (Å²) in [5.41, 5.74) is 7.86. The number of likely N-dealkylation sites (N-methyl/N-ethyl adjacent to an activating group) is 1. The second-order valence-corrected chi connectivity index (χ2v) is 15.0. The predicted octanol–water partition coefficient (Wildman–Crippen LogP) is 2.10. The van der Waals surface area contributed by atoms with Crippen LogP contribution in [0.25, 0.3) is 10.9 Å². The standard InChI is InChI=1S/C31H33FN8O5S3/c1-38-8-6-34-11-22(38)17-10-21-18(9-19(17)32)23(5-7-39(21)16-3-4-16)46-12-15-13-47-29-25(28(42)40(29)26(15)30(43)44)36-27(41)24(37-45-2)20-14-48-31(33)35-20/h5,7,9-10,14,16,22,25,29,34H,3-4,6,8,11-13H2,1-2H3,(H3-,33,35,36,41,43,44)/p+1/t22?,25?,29-/m0/s1. The molecule has 2 saturated heterocycles. The van der Waals surface area contributed by atoms with E-state index in [1.165, 1.54) is 35.5 Å². The van der Waals surface area contributed by atoms with Gasteiger partial charge >= 0.3 is 5.97 Å². The lowest BCUT2D eigenvalue weighted by atomic mass is 10.0. The minimum Gasteiger partial charge on any atom is -0.477 e. The van der Waals surface area contributed by atoms with Crippen LogP contribution >= 0.6 is 34.9 Å². The highest BCUT2D eigenvalue weighted by atomic mass is 32.2.